The molecule has 0 spiro atoms. The number of nitrogens with one attached hydrogen (secondary N) is 1. The molecule has 3 rings (SSSR count). The van der Waals surface area contributed by atoms with Gasteiger partial charge >= 0.3 is 0 Å². The first-order valence-electron chi connectivity index (χ1n) is 5.84. The third-order valence-electron chi connectivity index (χ3n) is 3.19. The summed E-state index contributed by atoms with van der Waals surface area (Å²) in [5.74, 6) is 0.660. The van der Waals surface area contributed by atoms with E-state index in [1.165, 1.54) is 0 Å². The van der Waals surface area contributed by atoms with Crippen LogP contribution >= 0.6 is 0 Å². The van der Waals surface area contributed by atoms with Gasteiger partial charge in [0, 0.05) is 28.9 Å². The third-order valence-corrected chi connectivity index (χ3v) is 3.19. The molecule has 19 heavy (non-hydrogen) atoms. The Hall–Kier alpha value is -2.58. The summed E-state index contributed by atoms with van der Waals surface area (Å²) in [5.41, 5.74) is 9.08. The van der Waals surface area contributed by atoms with Crippen LogP contribution in [0.15, 0.2) is 36.2 Å². The van der Waals surface area contributed by atoms with Gasteiger partial charge in [-0.3, -0.25) is 4.98 Å². The summed E-state index contributed by atoms with van der Waals surface area (Å²) in [6.45, 7) is 0. The molecule has 0 radical (unpaired) electrons. The van der Waals surface area contributed by atoms with Crippen LogP contribution in [0.1, 0.15) is 11.6 Å². The number of rotatable bonds is 1. The second kappa shape index (κ2) is 4.26. The van der Waals surface area contributed by atoms with E-state index in [-0.39, 0.29) is 6.04 Å². The number of methoxy groups -OCH3 is 1. The van der Waals surface area contributed by atoms with Gasteiger partial charge in [0.25, 0.3) is 0 Å². The number of fused-ring (bicyclic) bond motifs is 3. The van der Waals surface area contributed by atoms with Gasteiger partial charge in [0.15, 0.2) is 0 Å². The summed E-state index contributed by atoms with van der Waals surface area (Å²) >= 11 is 0. The molecule has 1 aromatic heterocycles. The average molecular weight is 252 g/mol. The van der Waals surface area contributed by atoms with Crippen LogP contribution in [0.4, 0.5) is 5.69 Å². The van der Waals surface area contributed by atoms with E-state index in [0.29, 0.717) is 11.4 Å². The maximum atomic E-state index is 8.99. The molecule has 5 nitrogen and oxygen atoms in total. The van der Waals surface area contributed by atoms with Gasteiger partial charge in [-0.25, -0.2) is 0 Å². The minimum Gasteiger partial charge on any atom is -0.494 e. The van der Waals surface area contributed by atoms with Crippen molar-refractivity contribution in [2.75, 3.05) is 12.4 Å². The number of aromatic nitrogens is 1. The first-order chi connectivity index (χ1) is 9.24. The number of nitrogens with zero attached hydrogens (tertiary/aromatic N) is 2. The summed E-state index contributed by atoms with van der Waals surface area (Å²) in [6, 6.07) is 7.39. The fourth-order valence-electron chi connectivity index (χ4n) is 2.37. The number of pyridine rings is 1. The lowest BCUT2D eigenvalue weighted by Crippen LogP contribution is -2.18. The van der Waals surface area contributed by atoms with Crippen molar-refractivity contribution in [2.45, 2.75) is 6.04 Å². The van der Waals surface area contributed by atoms with Gasteiger partial charge in [0.2, 0.25) is 0 Å². The molecule has 2 heterocycles. The molecule has 1 aromatic carbocycles. The van der Waals surface area contributed by atoms with E-state index in [4.69, 9.17) is 15.7 Å². The number of nitrogens with two attached hydrogens (primary N) is 1. The monoisotopic (exact) mass is 252 g/mol. The molecule has 1 aliphatic rings. The number of nitriles is 1. The van der Waals surface area contributed by atoms with Crippen molar-refractivity contribution < 1.29 is 4.74 Å². The molecule has 1 atom stereocenters. The Labute approximate surface area is 110 Å². The van der Waals surface area contributed by atoms with E-state index in [2.05, 4.69) is 16.4 Å². The molecule has 0 bridgehead atoms. The molecule has 2 aromatic rings. The quantitative estimate of drug-likeness (QED) is 0.811. The van der Waals surface area contributed by atoms with Crippen molar-refractivity contribution in [3.8, 4) is 11.8 Å². The topological polar surface area (TPSA) is 84.0 Å². The lowest BCUT2D eigenvalue weighted by atomic mass is 9.95. The summed E-state index contributed by atoms with van der Waals surface area (Å²) in [4.78, 5) is 4.34. The summed E-state index contributed by atoms with van der Waals surface area (Å²) in [5, 5.41) is 13.0. The second-order valence-corrected chi connectivity index (χ2v) is 4.28. The molecule has 0 saturated carbocycles. The number of anilines is 1. The molecule has 0 amide bonds. The fourth-order valence-corrected chi connectivity index (χ4v) is 2.37. The van der Waals surface area contributed by atoms with E-state index < -0.39 is 0 Å². The number of ether oxygens (including phenoxy) is 1. The number of benzene rings is 1. The zero-order valence-electron chi connectivity index (χ0n) is 10.3. The van der Waals surface area contributed by atoms with Crippen LogP contribution in [0.25, 0.3) is 10.9 Å². The molecular weight excluding hydrogens is 240 g/mol. The van der Waals surface area contributed by atoms with E-state index in [1.54, 1.807) is 19.4 Å². The van der Waals surface area contributed by atoms with Gasteiger partial charge in [0.1, 0.15) is 23.0 Å². The number of hydrogen-bond acceptors (Lipinski definition) is 5. The van der Waals surface area contributed by atoms with Gasteiger partial charge in [-0.1, -0.05) is 6.07 Å². The molecule has 0 aliphatic carbocycles. The van der Waals surface area contributed by atoms with Crippen LogP contribution in [-0.4, -0.2) is 12.1 Å². The van der Waals surface area contributed by atoms with Gasteiger partial charge < -0.3 is 15.8 Å². The first-order valence-corrected chi connectivity index (χ1v) is 5.84. The Morgan fingerprint density at radius 3 is 3.11 bits per heavy atom. The van der Waals surface area contributed by atoms with Crippen LogP contribution in [0.3, 0.4) is 0 Å². The fraction of sp³-hybridized carbons (Fsp3) is 0.143. The van der Waals surface area contributed by atoms with Crippen molar-refractivity contribution in [3.63, 3.8) is 0 Å². The van der Waals surface area contributed by atoms with E-state index in [0.717, 1.165) is 22.2 Å². The highest BCUT2D eigenvalue weighted by Gasteiger charge is 2.22. The van der Waals surface area contributed by atoms with Crippen molar-refractivity contribution >= 4 is 16.6 Å². The predicted molar refractivity (Wildman–Crippen MR) is 72.5 cm³/mol. The summed E-state index contributed by atoms with van der Waals surface area (Å²) in [7, 11) is 1.60. The number of allylic oxidation sites excluding steroid dienone is 1. The van der Waals surface area contributed by atoms with E-state index >= 15 is 0 Å². The predicted octanol–water partition coefficient (Wildman–Crippen LogP) is 2.08. The largest absolute Gasteiger partial charge is 0.494 e. The smallest absolute Gasteiger partial charge is 0.147 e. The van der Waals surface area contributed by atoms with Crippen LogP contribution in [0, 0.1) is 11.3 Å². The molecular formula is C14H12N4O. The normalized spacial score (nSPS) is 17.1. The van der Waals surface area contributed by atoms with Crippen LogP contribution in [-0.2, 0) is 0 Å². The standard InChI is InChI=1S/C14H12N4O/c1-19-12-6-11-13(9-3-2-4-17-14(9)12)10(16)5-8(7-15)18-11/h2-6,10,18H,16H2,1H3. The molecule has 94 valence electrons. The summed E-state index contributed by atoms with van der Waals surface area (Å²) in [6.07, 6.45) is 3.43. The summed E-state index contributed by atoms with van der Waals surface area (Å²) < 4.78 is 5.35. The molecule has 0 saturated heterocycles. The van der Waals surface area contributed by atoms with E-state index in [9.17, 15) is 0 Å². The maximum Gasteiger partial charge on any atom is 0.147 e. The van der Waals surface area contributed by atoms with Gasteiger partial charge in [-0.2, -0.15) is 5.26 Å². The lowest BCUT2D eigenvalue weighted by molar-refractivity contribution is 0.419. The highest BCUT2D eigenvalue weighted by Crippen LogP contribution is 2.39. The Morgan fingerprint density at radius 2 is 2.37 bits per heavy atom. The zero-order valence-corrected chi connectivity index (χ0v) is 10.3. The molecule has 5 heteroatoms. The zero-order chi connectivity index (χ0) is 13.4. The third kappa shape index (κ3) is 1.70. The van der Waals surface area contributed by atoms with Crippen molar-refractivity contribution in [1.82, 2.24) is 4.98 Å². The highest BCUT2D eigenvalue weighted by molar-refractivity contribution is 5.94. The van der Waals surface area contributed by atoms with Crippen molar-refractivity contribution in [3.05, 3.63) is 41.7 Å². The van der Waals surface area contributed by atoms with Crippen molar-refractivity contribution in [2.24, 2.45) is 5.73 Å². The molecule has 0 fully saturated rings. The van der Waals surface area contributed by atoms with Crippen LogP contribution in [0.5, 0.6) is 5.75 Å². The lowest BCUT2D eigenvalue weighted by Gasteiger charge is -2.23. The Morgan fingerprint density at radius 1 is 1.53 bits per heavy atom. The Bertz CT molecular complexity index is 730. The Balaban J connectivity index is 2.33. The highest BCUT2D eigenvalue weighted by atomic mass is 16.5. The molecule has 1 unspecified atom stereocenters. The van der Waals surface area contributed by atoms with Gasteiger partial charge in [-0.15, -0.1) is 0 Å². The van der Waals surface area contributed by atoms with Crippen LogP contribution < -0.4 is 15.8 Å². The van der Waals surface area contributed by atoms with E-state index in [1.807, 2.05) is 18.2 Å². The SMILES string of the molecule is COc1cc2c(c3cccnc13)C(N)C=C(C#N)N2. The van der Waals surface area contributed by atoms with Crippen molar-refractivity contribution in [1.29, 1.82) is 5.26 Å². The minimum atomic E-state index is -0.330. The average Bonchev–Trinajstić information content (AvgIpc) is 2.45. The molecule has 3 N–H and O–H groups in total. The maximum absolute atomic E-state index is 8.99. The van der Waals surface area contributed by atoms with Gasteiger partial charge in [0.05, 0.1) is 13.2 Å². The number of hydrogen-bond donors (Lipinski definition) is 2. The van der Waals surface area contributed by atoms with Gasteiger partial charge in [-0.05, 0) is 12.1 Å². The second-order valence-electron chi connectivity index (χ2n) is 4.28. The first kappa shape index (κ1) is 11.5. The minimum absolute atomic E-state index is 0.330. The Kier molecular flexibility index (Phi) is 2.58. The molecule has 1 aliphatic heterocycles. The van der Waals surface area contributed by atoms with Crippen LogP contribution in [0.2, 0.25) is 0 Å².